The van der Waals surface area contributed by atoms with Crippen molar-refractivity contribution in [1.29, 1.82) is 0 Å². The summed E-state index contributed by atoms with van der Waals surface area (Å²) >= 11 is 0. The summed E-state index contributed by atoms with van der Waals surface area (Å²) in [6.45, 7) is 9.93. The molecule has 16 heavy (non-hydrogen) atoms. The van der Waals surface area contributed by atoms with Crippen molar-refractivity contribution in [3.05, 3.63) is 0 Å². The van der Waals surface area contributed by atoms with Gasteiger partial charge in [-0.05, 0) is 25.3 Å². The van der Waals surface area contributed by atoms with E-state index in [1.54, 1.807) is 0 Å². The lowest BCUT2D eigenvalue weighted by atomic mass is 9.87. The highest BCUT2D eigenvalue weighted by Gasteiger charge is 2.35. The van der Waals surface area contributed by atoms with Crippen LogP contribution >= 0.6 is 0 Å². The van der Waals surface area contributed by atoms with Crippen LogP contribution in [0, 0.1) is 11.3 Å². The van der Waals surface area contributed by atoms with Gasteiger partial charge in [-0.25, -0.2) is 0 Å². The summed E-state index contributed by atoms with van der Waals surface area (Å²) in [6, 6.07) is 0. The largest absolute Gasteiger partial charge is 0.303 e. The Labute approximate surface area is 100 Å². The van der Waals surface area contributed by atoms with Crippen LogP contribution in [0.2, 0.25) is 0 Å². The number of aldehydes is 1. The zero-order valence-electron chi connectivity index (χ0n) is 11.2. The predicted molar refractivity (Wildman–Crippen MR) is 68.5 cm³/mol. The van der Waals surface area contributed by atoms with Gasteiger partial charge in [-0.2, -0.15) is 0 Å². The molecular weight excluding hydrogens is 198 g/mol. The Morgan fingerprint density at radius 2 is 1.94 bits per heavy atom. The van der Waals surface area contributed by atoms with Gasteiger partial charge < -0.3 is 9.69 Å². The molecule has 2 nitrogen and oxygen atoms in total. The van der Waals surface area contributed by atoms with Gasteiger partial charge >= 0.3 is 0 Å². The highest BCUT2D eigenvalue weighted by atomic mass is 16.1. The Hall–Kier alpha value is -0.370. The van der Waals surface area contributed by atoms with E-state index in [1.165, 1.54) is 25.5 Å². The molecule has 0 saturated heterocycles. The molecule has 1 atom stereocenters. The van der Waals surface area contributed by atoms with Gasteiger partial charge in [0.25, 0.3) is 0 Å². The molecule has 0 aromatic rings. The van der Waals surface area contributed by atoms with Crippen LogP contribution in [-0.2, 0) is 4.79 Å². The number of nitrogens with zero attached hydrogens (tertiary/aromatic N) is 1. The van der Waals surface area contributed by atoms with Gasteiger partial charge in [-0.3, -0.25) is 0 Å². The van der Waals surface area contributed by atoms with Gasteiger partial charge in [0.05, 0.1) is 0 Å². The Morgan fingerprint density at radius 1 is 1.31 bits per heavy atom. The van der Waals surface area contributed by atoms with Crippen LogP contribution in [0.4, 0.5) is 0 Å². The molecule has 0 bridgehead atoms. The standard InChI is InChI=1S/C14H27NO/c1-4-13(3)10-15(5-2)11-14(12-16)8-6-7-9-14/h12-13H,4-11H2,1-3H3. The number of hydrogen-bond donors (Lipinski definition) is 0. The summed E-state index contributed by atoms with van der Waals surface area (Å²) in [6.07, 6.45) is 7.14. The normalized spacial score (nSPS) is 21.2. The molecule has 0 aliphatic heterocycles. The summed E-state index contributed by atoms with van der Waals surface area (Å²) in [5, 5.41) is 0. The third-order valence-corrected chi connectivity index (χ3v) is 4.10. The molecule has 1 fully saturated rings. The van der Waals surface area contributed by atoms with Crippen LogP contribution in [0.3, 0.4) is 0 Å². The molecule has 2 heteroatoms. The first-order valence-electron chi connectivity index (χ1n) is 6.84. The molecule has 0 aromatic heterocycles. The van der Waals surface area contributed by atoms with Crippen molar-refractivity contribution in [2.75, 3.05) is 19.6 Å². The first-order chi connectivity index (χ1) is 7.65. The van der Waals surface area contributed by atoms with E-state index in [0.717, 1.165) is 38.4 Å². The lowest BCUT2D eigenvalue weighted by Gasteiger charge is -2.32. The van der Waals surface area contributed by atoms with Crippen LogP contribution in [0.1, 0.15) is 52.9 Å². The zero-order valence-corrected chi connectivity index (χ0v) is 11.2. The summed E-state index contributed by atoms with van der Waals surface area (Å²) in [7, 11) is 0. The quantitative estimate of drug-likeness (QED) is 0.620. The summed E-state index contributed by atoms with van der Waals surface area (Å²) < 4.78 is 0. The van der Waals surface area contributed by atoms with Crippen LogP contribution in [0.25, 0.3) is 0 Å². The molecular formula is C14H27NO. The highest BCUT2D eigenvalue weighted by Crippen LogP contribution is 2.36. The lowest BCUT2D eigenvalue weighted by Crippen LogP contribution is -2.39. The van der Waals surface area contributed by atoms with Crippen molar-refractivity contribution < 1.29 is 4.79 Å². The molecule has 1 aliphatic carbocycles. The fourth-order valence-corrected chi connectivity index (χ4v) is 2.71. The minimum atomic E-state index is -0.0104. The van der Waals surface area contributed by atoms with E-state index in [-0.39, 0.29) is 5.41 Å². The van der Waals surface area contributed by atoms with Crippen molar-refractivity contribution in [2.45, 2.75) is 52.9 Å². The average molecular weight is 225 g/mol. The van der Waals surface area contributed by atoms with Gasteiger partial charge in [0, 0.05) is 18.5 Å². The van der Waals surface area contributed by atoms with Gasteiger partial charge in [0.2, 0.25) is 0 Å². The van der Waals surface area contributed by atoms with E-state index in [0.29, 0.717) is 0 Å². The van der Waals surface area contributed by atoms with Gasteiger partial charge in [-0.15, -0.1) is 0 Å². The minimum Gasteiger partial charge on any atom is -0.303 e. The predicted octanol–water partition coefficient (Wildman–Crippen LogP) is 3.11. The van der Waals surface area contributed by atoms with Gasteiger partial charge in [0.1, 0.15) is 6.29 Å². The van der Waals surface area contributed by atoms with E-state index in [9.17, 15) is 4.79 Å². The van der Waals surface area contributed by atoms with Crippen LogP contribution in [0.5, 0.6) is 0 Å². The maximum atomic E-state index is 11.3. The smallest absolute Gasteiger partial charge is 0.127 e. The van der Waals surface area contributed by atoms with Crippen molar-refractivity contribution in [3.8, 4) is 0 Å². The first kappa shape index (κ1) is 13.7. The van der Waals surface area contributed by atoms with E-state index in [4.69, 9.17) is 0 Å². The number of rotatable bonds is 7. The van der Waals surface area contributed by atoms with Crippen LogP contribution < -0.4 is 0 Å². The van der Waals surface area contributed by atoms with Crippen molar-refractivity contribution in [1.82, 2.24) is 4.90 Å². The molecule has 0 aromatic carbocycles. The first-order valence-corrected chi connectivity index (χ1v) is 6.84. The molecule has 0 heterocycles. The second kappa shape index (κ2) is 6.39. The number of carbonyl (C=O) groups is 1. The Balaban J connectivity index is 2.50. The number of hydrogen-bond acceptors (Lipinski definition) is 2. The SMILES string of the molecule is CCC(C)CN(CC)CC1(C=O)CCCC1. The monoisotopic (exact) mass is 225 g/mol. The van der Waals surface area contributed by atoms with Crippen molar-refractivity contribution >= 4 is 6.29 Å². The van der Waals surface area contributed by atoms with Crippen molar-refractivity contribution in [2.24, 2.45) is 11.3 Å². The van der Waals surface area contributed by atoms with Gasteiger partial charge in [-0.1, -0.05) is 40.0 Å². The second-order valence-corrected chi connectivity index (χ2v) is 5.53. The van der Waals surface area contributed by atoms with Crippen molar-refractivity contribution in [3.63, 3.8) is 0 Å². The lowest BCUT2D eigenvalue weighted by molar-refractivity contribution is -0.117. The summed E-state index contributed by atoms with van der Waals surface area (Å²) in [5.74, 6) is 0.741. The van der Waals surface area contributed by atoms with Crippen LogP contribution in [-0.4, -0.2) is 30.8 Å². The Bertz CT molecular complexity index is 209. The molecule has 1 aliphatic rings. The van der Waals surface area contributed by atoms with Crippen LogP contribution in [0.15, 0.2) is 0 Å². The highest BCUT2D eigenvalue weighted by molar-refractivity contribution is 5.60. The molecule has 1 rings (SSSR count). The maximum absolute atomic E-state index is 11.3. The summed E-state index contributed by atoms with van der Waals surface area (Å²) in [5.41, 5.74) is -0.0104. The fourth-order valence-electron chi connectivity index (χ4n) is 2.71. The van der Waals surface area contributed by atoms with Gasteiger partial charge in [0.15, 0.2) is 0 Å². The van der Waals surface area contributed by atoms with E-state index < -0.39 is 0 Å². The third kappa shape index (κ3) is 3.58. The molecule has 0 radical (unpaired) electrons. The molecule has 0 N–H and O–H groups in total. The Morgan fingerprint density at radius 3 is 2.38 bits per heavy atom. The molecule has 0 amide bonds. The average Bonchev–Trinajstić information content (AvgIpc) is 2.77. The number of carbonyl (C=O) groups excluding carboxylic acids is 1. The van der Waals surface area contributed by atoms with E-state index in [1.807, 2.05) is 0 Å². The fraction of sp³-hybridized carbons (Fsp3) is 0.929. The zero-order chi connectivity index (χ0) is 12.0. The molecule has 1 unspecified atom stereocenters. The molecule has 94 valence electrons. The molecule has 0 spiro atoms. The maximum Gasteiger partial charge on any atom is 0.127 e. The Kier molecular flexibility index (Phi) is 5.47. The van der Waals surface area contributed by atoms with E-state index >= 15 is 0 Å². The third-order valence-electron chi connectivity index (χ3n) is 4.10. The summed E-state index contributed by atoms with van der Waals surface area (Å²) in [4.78, 5) is 13.8. The molecule has 1 saturated carbocycles. The topological polar surface area (TPSA) is 20.3 Å². The minimum absolute atomic E-state index is 0.0104. The second-order valence-electron chi connectivity index (χ2n) is 5.53. The van der Waals surface area contributed by atoms with E-state index in [2.05, 4.69) is 25.7 Å².